The fourth-order valence-electron chi connectivity index (χ4n) is 2.64. The van der Waals surface area contributed by atoms with Crippen molar-refractivity contribution >= 4 is 5.69 Å². The molecule has 0 unspecified atom stereocenters. The first-order valence-electron chi connectivity index (χ1n) is 6.89. The van der Waals surface area contributed by atoms with Gasteiger partial charge in [-0.15, -0.1) is 0 Å². The lowest BCUT2D eigenvalue weighted by Crippen LogP contribution is -2.26. The molecular weight excluding hydrogens is 314 g/mol. The van der Waals surface area contributed by atoms with Crippen LogP contribution in [0.4, 0.5) is 5.69 Å². The summed E-state index contributed by atoms with van der Waals surface area (Å²) in [6, 6.07) is 8.99. The van der Waals surface area contributed by atoms with Crippen LogP contribution in [0, 0.1) is 28.4 Å². The molecule has 0 saturated carbocycles. The normalized spacial score (nSPS) is 16.1. The summed E-state index contributed by atoms with van der Waals surface area (Å²) in [6.07, 6.45) is 0. The van der Waals surface area contributed by atoms with E-state index in [9.17, 15) is 20.2 Å². The van der Waals surface area contributed by atoms with Crippen LogP contribution in [0.1, 0.15) is 22.8 Å². The van der Waals surface area contributed by atoms with Crippen LogP contribution >= 0.6 is 0 Å². The molecule has 0 amide bonds. The Balaban J connectivity index is 2.23. The van der Waals surface area contributed by atoms with E-state index in [2.05, 4.69) is 0 Å². The smallest absolute Gasteiger partial charge is 0.343 e. The van der Waals surface area contributed by atoms with Crippen molar-refractivity contribution in [2.24, 2.45) is 5.73 Å². The number of rotatable bonds is 2. The number of nitrogens with two attached hydrogens (primary N) is 1. The van der Waals surface area contributed by atoms with Gasteiger partial charge in [0.15, 0.2) is 0 Å². The Hall–Kier alpha value is -3.60. The molecule has 0 saturated heterocycles. The first-order valence-corrected chi connectivity index (χ1v) is 6.89. The van der Waals surface area contributed by atoms with Gasteiger partial charge in [-0.2, -0.15) is 5.26 Å². The summed E-state index contributed by atoms with van der Waals surface area (Å²) in [5.41, 5.74) is 5.75. The van der Waals surface area contributed by atoms with Crippen LogP contribution in [0.25, 0.3) is 0 Å². The molecule has 2 heterocycles. The maximum absolute atomic E-state index is 12.3. The number of hydrogen-bond donors (Lipinski definition) is 1. The molecule has 0 radical (unpaired) electrons. The third-order valence-corrected chi connectivity index (χ3v) is 3.69. The molecule has 2 N–H and O–H groups in total. The monoisotopic (exact) mass is 325 g/mol. The highest BCUT2D eigenvalue weighted by molar-refractivity contribution is 5.55. The quantitative estimate of drug-likeness (QED) is 0.660. The van der Waals surface area contributed by atoms with Crippen molar-refractivity contribution in [1.82, 2.24) is 0 Å². The molecule has 8 heteroatoms. The Bertz CT molecular complexity index is 967. The van der Waals surface area contributed by atoms with Gasteiger partial charge in [0.05, 0.1) is 16.4 Å². The molecule has 3 rings (SSSR count). The van der Waals surface area contributed by atoms with Gasteiger partial charge in [-0.3, -0.25) is 10.1 Å². The molecule has 1 aliphatic rings. The summed E-state index contributed by atoms with van der Waals surface area (Å²) in [5.74, 6) is -0.368. The van der Waals surface area contributed by atoms with E-state index >= 15 is 0 Å². The van der Waals surface area contributed by atoms with E-state index in [1.807, 2.05) is 6.07 Å². The van der Waals surface area contributed by atoms with Gasteiger partial charge in [0.1, 0.15) is 23.2 Å². The number of fused-ring (bicyclic) bond motifs is 1. The number of nitro benzene ring substituents is 1. The minimum absolute atomic E-state index is 0.0486. The minimum atomic E-state index is -0.809. The van der Waals surface area contributed by atoms with Crippen molar-refractivity contribution in [2.45, 2.75) is 12.8 Å². The summed E-state index contributed by atoms with van der Waals surface area (Å²) < 4.78 is 10.5. The summed E-state index contributed by atoms with van der Waals surface area (Å²) in [6.45, 7) is 1.59. The molecule has 0 spiro atoms. The van der Waals surface area contributed by atoms with Crippen LogP contribution in [-0.4, -0.2) is 4.92 Å². The Labute approximate surface area is 135 Å². The second-order valence-corrected chi connectivity index (χ2v) is 5.20. The highest BCUT2D eigenvalue weighted by atomic mass is 16.6. The molecule has 8 nitrogen and oxygen atoms in total. The van der Waals surface area contributed by atoms with Crippen molar-refractivity contribution in [3.63, 3.8) is 0 Å². The fourth-order valence-corrected chi connectivity index (χ4v) is 2.64. The van der Waals surface area contributed by atoms with Crippen LogP contribution in [0.3, 0.4) is 0 Å². The lowest BCUT2D eigenvalue weighted by atomic mass is 9.84. The number of hydrogen-bond acceptors (Lipinski definition) is 7. The average Bonchev–Trinajstić information content (AvgIpc) is 2.53. The molecule has 1 atom stereocenters. The number of nitrogens with zero attached hydrogens (tertiary/aromatic N) is 2. The van der Waals surface area contributed by atoms with E-state index in [1.165, 1.54) is 30.3 Å². The van der Waals surface area contributed by atoms with Crippen LogP contribution in [0.5, 0.6) is 5.75 Å². The van der Waals surface area contributed by atoms with E-state index in [0.29, 0.717) is 11.3 Å². The number of non-ortho nitro benzene ring substituents is 1. The molecular formula is C16H11N3O5. The molecule has 0 aliphatic carbocycles. The second-order valence-electron chi connectivity index (χ2n) is 5.20. The van der Waals surface area contributed by atoms with Crippen LogP contribution in [0.2, 0.25) is 0 Å². The van der Waals surface area contributed by atoms with Crippen LogP contribution in [-0.2, 0) is 0 Å². The zero-order chi connectivity index (χ0) is 17.4. The van der Waals surface area contributed by atoms with Crippen molar-refractivity contribution < 1.29 is 14.1 Å². The van der Waals surface area contributed by atoms with Gasteiger partial charge < -0.3 is 14.9 Å². The predicted octanol–water partition coefficient (Wildman–Crippen LogP) is 2.07. The first-order chi connectivity index (χ1) is 11.4. The number of nitro groups is 1. The minimum Gasteiger partial charge on any atom is -0.440 e. The Kier molecular flexibility index (Phi) is 3.54. The third-order valence-electron chi connectivity index (χ3n) is 3.69. The van der Waals surface area contributed by atoms with Gasteiger partial charge >= 0.3 is 5.63 Å². The SMILES string of the molecule is Cc1cc2c(c(=O)o1)[C@@H](c1ccc([N+](=O)[O-])cc1)C(C#N)=C(N)O2. The van der Waals surface area contributed by atoms with Crippen LogP contribution < -0.4 is 16.1 Å². The topological polar surface area (TPSA) is 132 Å². The van der Waals surface area contributed by atoms with E-state index < -0.39 is 16.5 Å². The van der Waals surface area contributed by atoms with E-state index in [4.69, 9.17) is 14.9 Å². The van der Waals surface area contributed by atoms with E-state index in [1.54, 1.807) is 6.92 Å². The highest BCUT2D eigenvalue weighted by Crippen LogP contribution is 2.40. The first kappa shape index (κ1) is 15.3. The lowest BCUT2D eigenvalue weighted by molar-refractivity contribution is -0.384. The molecule has 0 fully saturated rings. The van der Waals surface area contributed by atoms with Gasteiger partial charge in [0.25, 0.3) is 5.69 Å². The standard InChI is InChI=1S/C16H11N3O5/c1-8-6-12-14(16(20)23-8)13(11(7-17)15(18)24-12)9-2-4-10(5-3-9)19(21)22/h2-6,13H,18H2,1H3/t13-/m0/s1. The van der Waals surface area contributed by atoms with Gasteiger partial charge in [0, 0.05) is 18.2 Å². The lowest BCUT2D eigenvalue weighted by Gasteiger charge is -2.25. The maximum atomic E-state index is 12.3. The predicted molar refractivity (Wildman–Crippen MR) is 82.1 cm³/mol. The van der Waals surface area contributed by atoms with E-state index in [0.717, 1.165) is 0 Å². The Morgan fingerprint density at radius 2 is 2.00 bits per heavy atom. The van der Waals surface area contributed by atoms with Gasteiger partial charge in [-0.1, -0.05) is 12.1 Å². The Morgan fingerprint density at radius 3 is 2.58 bits per heavy atom. The fraction of sp³-hybridized carbons (Fsp3) is 0.125. The van der Waals surface area contributed by atoms with Crippen molar-refractivity contribution in [1.29, 1.82) is 5.26 Å². The van der Waals surface area contributed by atoms with Crippen molar-refractivity contribution in [3.8, 4) is 11.8 Å². The zero-order valence-corrected chi connectivity index (χ0v) is 12.5. The largest absolute Gasteiger partial charge is 0.440 e. The molecule has 24 heavy (non-hydrogen) atoms. The second kappa shape index (κ2) is 5.55. The number of benzene rings is 1. The molecule has 1 aromatic heterocycles. The molecule has 2 aromatic rings. The molecule has 1 aliphatic heterocycles. The highest BCUT2D eigenvalue weighted by Gasteiger charge is 2.34. The summed E-state index contributed by atoms with van der Waals surface area (Å²) in [7, 11) is 0. The summed E-state index contributed by atoms with van der Waals surface area (Å²) >= 11 is 0. The van der Waals surface area contributed by atoms with Crippen molar-refractivity contribution in [2.75, 3.05) is 0 Å². The molecule has 0 bridgehead atoms. The average molecular weight is 325 g/mol. The van der Waals surface area contributed by atoms with Crippen molar-refractivity contribution in [3.05, 3.63) is 79.2 Å². The molecule has 120 valence electrons. The number of ether oxygens (including phenoxy) is 1. The van der Waals surface area contributed by atoms with Gasteiger partial charge in [0.2, 0.25) is 5.88 Å². The zero-order valence-electron chi connectivity index (χ0n) is 12.5. The number of nitriles is 1. The summed E-state index contributed by atoms with van der Waals surface area (Å²) in [4.78, 5) is 22.5. The molecule has 1 aromatic carbocycles. The van der Waals surface area contributed by atoms with Gasteiger partial charge in [-0.25, -0.2) is 4.79 Å². The maximum Gasteiger partial charge on any atom is 0.343 e. The Morgan fingerprint density at radius 1 is 1.33 bits per heavy atom. The van der Waals surface area contributed by atoms with E-state index in [-0.39, 0.29) is 28.5 Å². The van der Waals surface area contributed by atoms with Crippen LogP contribution in [0.15, 0.2) is 51.0 Å². The number of aryl methyl sites for hydroxylation is 1. The van der Waals surface area contributed by atoms with Gasteiger partial charge in [-0.05, 0) is 12.5 Å². The summed E-state index contributed by atoms with van der Waals surface area (Å²) in [5, 5.41) is 20.2. The third kappa shape index (κ3) is 2.38. The number of allylic oxidation sites excluding steroid dienone is 1.